The van der Waals surface area contributed by atoms with Crippen molar-refractivity contribution >= 4 is 19.7 Å². The van der Waals surface area contributed by atoms with Crippen LogP contribution in [0.5, 0.6) is 0 Å². The molecule has 0 bridgehead atoms. The van der Waals surface area contributed by atoms with Crippen molar-refractivity contribution in [2.24, 2.45) is 0 Å². The van der Waals surface area contributed by atoms with E-state index in [0.717, 1.165) is 18.4 Å². The number of halogens is 1. The molecule has 0 aromatic heterocycles. The molecule has 0 saturated heterocycles. The lowest BCUT2D eigenvalue weighted by Crippen LogP contribution is -2.01. The van der Waals surface area contributed by atoms with E-state index < -0.39 is 9.05 Å². The fraction of sp³-hybridized carbons (Fsp3) is 0.455. The molecule has 0 amide bonds. The van der Waals surface area contributed by atoms with Gasteiger partial charge in [0.1, 0.15) is 0 Å². The highest BCUT2D eigenvalue weighted by molar-refractivity contribution is 8.13. The minimum Gasteiger partial charge on any atom is -0.207 e. The third-order valence-electron chi connectivity index (χ3n) is 2.98. The van der Waals surface area contributed by atoms with E-state index in [1.807, 2.05) is 12.1 Å². The third-order valence-corrected chi connectivity index (χ3v) is 4.37. The molecule has 0 aliphatic heterocycles. The van der Waals surface area contributed by atoms with E-state index in [9.17, 15) is 8.42 Å². The predicted molar refractivity (Wildman–Crippen MR) is 60.7 cm³/mol. The molecule has 1 saturated carbocycles. The molecule has 2 rings (SSSR count). The minimum atomic E-state index is -3.60. The summed E-state index contributed by atoms with van der Waals surface area (Å²) in [6, 6.07) is 7.06. The summed E-state index contributed by atoms with van der Waals surface area (Å²) in [6.45, 7) is 0. The molecule has 1 aromatic rings. The van der Waals surface area contributed by atoms with Crippen molar-refractivity contribution < 1.29 is 8.42 Å². The molecule has 0 radical (unpaired) electrons. The van der Waals surface area contributed by atoms with Gasteiger partial charge in [-0.3, -0.25) is 0 Å². The van der Waals surface area contributed by atoms with Gasteiger partial charge in [0.2, 0.25) is 0 Å². The second-order valence-corrected chi connectivity index (χ2v) is 6.49. The van der Waals surface area contributed by atoms with Gasteiger partial charge in [-0.1, -0.05) is 31.0 Å². The molecular weight excluding hydrogens is 232 g/mol. The van der Waals surface area contributed by atoms with Gasteiger partial charge >= 0.3 is 0 Å². The van der Waals surface area contributed by atoms with Gasteiger partial charge in [0, 0.05) is 10.7 Å². The van der Waals surface area contributed by atoms with Gasteiger partial charge < -0.3 is 0 Å². The van der Waals surface area contributed by atoms with E-state index in [1.54, 1.807) is 12.1 Å². The number of rotatable bonds is 2. The zero-order valence-electron chi connectivity index (χ0n) is 8.32. The average Bonchev–Trinajstić information content (AvgIpc) is 2.69. The Hall–Kier alpha value is -0.540. The van der Waals surface area contributed by atoms with Crippen molar-refractivity contribution in [2.45, 2.75) is 36.5 Å². The Balaban J connectivity index is 2.46. The minimum absolute atomic E-state index is 0.290. The first kappa shape index (κ1) is 11.0. The van der Waals surface area contributed by atoms with Crippen molar-refractivity contribution in [2.75, 3.05) is 0 Å². The molecule has 0 spiro atoms. The van der Waals surface area contributed by atoms with Crippen LogP contribution in [0.15, 0.2) is 29.2 Å². The van der Waals surface area contributed by atoms with Crippen LogP contribution in [0.25, 0.3) is 0 Å². The lowest BCUT2D eigenvalue weighted by Gasteiger charge is -2.12. The molecule has 1 aliphatic rings. The Bertz CT molecular complexity index is 447. The topological polar surface area (TPSA) is 34.1 Å². The molecule has 0 unspecified atom stereocenters. The van der Waals surface area contributed by atoms with Crippen LogP contribution in [-0.4, -0.2) is 8.42 Å². The van der Waals surface area contributed by atoms with Gasteiger partial charge in [-0.25, -0.2) is 8.42 Å². The van der Waals surface area contributed by atoms with Crippen LogP contribution in [-0.2, 0) is 9.05 Å². The monoisotopic (exact) mass is 244 g/mol. The second kappa shape index (κ2) is 4.14. The predicted octanol–water partition coefficient (Wildman–Crippen LogP) is 3.27. The van der Waals surface area contributed by atoms with E-state index in [0.29, 0.717) is 10.8 Å². The van der Waals surface area contributed by atoms with Crippen LogP contribution in [0.1, 0.15) is 37.2 Å². The van der Waals surface area contributed by atoms with E-state index in [1.165, 1.54) is 12.8 Å². The zero-order chi connectivity index (χ0) is 10.9. The Morgan fingerprint density at radius 2 is 1.73 bits per heavy atom. The summed E-state index contributed by atoms with van der Waals surface area (Å²) in [5.41, 5.74) is 0.894. The zero-order valence-corrected chi connectivity index (χ0v) is 9.89. The summed E-state index contributed by atoms with van der Waals surface area (Å²) in [5.74, 6) is 0.370. The fourth-order valence-corrected chi connectivity index (χ4v) is 3.46. The largest absolute Gasteiger partial charge is 0.261 e. The summed E-state index contributed by atoms with van der Waals surface area (Å²) < 4.78 is 22.8. The van der Waals surface area contributed by atoms with Gasteiger partial charge in [-0.2, -0.15) is 0 Å². The maximum absolute atomic E-state index is 11.4. The summed E-state index contributed by atoms with van der Waals surface area (Å²) in [5, 5.41) is 0. The Kier molecular flexibility index (Phi) is 3.03. The number of hydrogen-bond acceptors (Lipinski definition) is 2. The lowest BCUT2D eigenvalue weighted by molar-refractivity contribution is 0.605. The van der Waals surface area contributed by atoms with Crippen LogP contribution in [0, 0.1) is 0 Å². The van der Waals surface area contributed by atoms with E-state index in [-0.39, 0.29) is 0 Å². The molecule has 2 nitrogen and oxygen atoms in total. The Morgan fingerprint density at radius 3 is 2.33 bits per heavy atom. The van der Waals surface area contributed by atoms with Crippen LogP contribution in [0.2, 0.25) is 0 Å². The van der Waals surface area contributed by atoms with Gasteiger partial charge in [-0.05, 0) is 30.4 Å². The van der Waals surface area contributed by atoms with Gasteiger partial charge in [0.25, 0.3) is 9.05 Å². The second-order valence-electron chi connectivity index (χ2n) is 3.96. The first-order valence-electron chi connectivity index (χ1n) is 5.12. The standard InChI is InChI=1S/C11H13ClO2S/c12-15(13,14)11-8-4-3-7-10(11)9-5-1-2-6-9/h3-4,7-9H,1-2,5-6H2. The molecule has 1 fully saturated rings. The summed E-state index contributed by atoms with van der Waals surface area (Å²) >= 11 is 0. The van der Waals surface area contributed by atoms with Crippen molar-refractivity contribution in [3.05, 3.63) is 29.8 Å². The molecule has 0 heterocycles. The van der Waals surface area contributed by atoms with Gasteiger partial charge in [0.15, 0.2) is 0 Å². The average molecular weight is 245 g/mol. The van der Waals surface area contributed by atoms with Crippen LogP contribution >= 0.6 is 10.7 Å². The number of hydrogen-bond donors (Lipinski definition) is 0. The molecule has 0 atom stereocenters. The third kappa shape index (κ3) is 2.34. The molecule has 1 aliphatic carbocycles. The summed E-state index contributed by atoms with van der Waals surface area (Å²) in [4.78, 5) is 0.290. The molecular formula is C11H13ClO2S. The molecule has 4 heteroatoms. The first-order chi connectivity index (χ1) is 7.09. The molecule has 0 N–H and O–H groups in total. The van der Waals surface area contributed by atoms with Gasteiger partial charge in [-0.15, -0.1) is 0 Å². The highest BCUT2D eigenvalue weighted by Crippen LogP contribution is 2.37. The molecule has 1 aromatic carbocycles. The van der Waals surface area contributed by atoms with Crippen molar-refractivity contribution in [1.82, 2.24) is 0 Å². The normalized spacial score (nSPS) is 18.2. The maximum Gasteiger partial charge on any atom is 0.261 e. The molecule has 15 heavy (non-hydrogen) atoms. The number of benzene rings is 1. The van der Waals surface area contributed by atoms with E-state index >= 15 is 0 Å². The van der Waals surface area contributed by atoms with Crippen LogP contribution < -0.4 is 0 Å². The summed E-state index contributed by atoms with van der Waals surface area (Å²) in [6.07, 6.45) is 4.51. The Labute approximate surface area is 94.7 Å². The van der Waals surface area contributed by atoms with Crippen LogP contribution in [0.3, 0.4) is 0 Å². The fourth-order valence-electron chi connectivity index (χ4n) is 2.28. The molecule has 82 valence electrons. The smallest absolute Gasteiger partial charge is 0.207 e. The Morgan fingerprint density at radius 1 is 1.13 bits per heavy atom. The highest BCUT2D eigenvalue weighted by atomic mass is 35.7. The maximum atomic E-state index is 11.4. The highest BCUT2D eigenvalue weighted by Gasteiger charge is 2.23. The quantitative estimate of drug-likeness (QED) is 0.749. The van der Waals surface area contributed by atoms with Crippen molar-refractivity contribution in [3.8, 4) is 0 Å². The van der Waals surface area contributed by atoms with E-state index in [4.69, 9.17) is 10.7 Å². The van der Waals surface area contributed by atoms with Crippen molar-refractivity contribution in [1.29, 1.82) is 0 Å². The van der Waals surface area contributed by atoms with Crippen LogP contribution in [0.4, 0.5) is 0 Å². The van der Waals surface area contributed by atoms with Gasteiger partial charge in [0.05, 0.1) is 4.90 Å². The van der Waals surface area contributed by atoms with Crippen molar-refractivity contribution in [3.63, 3.8) is 0 Å². The summed E-state index contributed by atoms with van der Waals surface area (Å²) in [7, 11) is 1.82. The lowest BCUT2D eigenvalue weighted by atomic mass is 9.98. The SMILES string of the molecule is O=S(=O)(Cl)c1ccccc1C1CCCC1. The van der Waals surface area contributed by atoms with E-state index in [2.05, 4.69) is 0 Å². The first-order valence-corrected chi connectivity index (χ1v) is 7.43.